The molecule has 1 N–H and O–H groups in total. The number of hydrogen-bond acceptors (Lipinski definition) is 6. The highest BCUT2D eigenvalue weighted by molar-refractivity contribution is 6.03. The molecule has 0 aliphatic carbocycles. The number of fused-ring (bicyclic) bond motifs is 1. The zero-order valence-electron chi connectivity index (χ0n) is 16.1. The molecule has 2 heterocycles. The van der Waals surface area contributed by atoms with Crippen LogP contribution < -0.4 is 5.32 Å². The van der Waals surface area contributed by atoms with Gasteiger partial charge in [0.25, 0.3) is 0 Å². The van der Waals surface area contributed by atoms with Gasteiger partial charge in [0, 0.05) is 17.7 Å². The number of benzene rings is 1. The third-order valence-corrected chi connectivity index (χ3v) is 4.16. The Bertz CT molecular complexity index is 847. The summed E-state index contributed by atoms with van der Waals surface area (Å²) in [6, 6.07) is 5.24. The molecule has 1 aromatic heterocycles. The molecule has 3 rings (SSSR count). The van der Waals surface area contributed by atoms with Crippen LogP contribution in [0.25, 0.3) is 10.9 Å². The van der Waals surface area contributed by atoms with Crippen molar-refractivity contribution in [2.24, 2.45) is 0 Å². The van der Waals surface area contributed by atoms with Crippen LogP contribution >= 0.6 is 0 Å². The molecule has 146 valence electrons. The fourth-order valence-corrected chi connectivity index (χ4v) is 3.02. The first-order valence-electron chi connectivity index (χ1n) is 9.00. The summed E-state index contributed by atoms with van der Waals surface area (Å²) in [5, 5.41) is 7.71. The molecule has 0 saturated carbocycles. The third kappa shape index (κ3) is 4.39. The third-order valence-electron chi connectivity index (χ3n) is 4.16. The number of nitrogens with one attached hydrogen (secondary N) is 1. The molecule has 1 aromatic carbocycles. The number of ether oxygens (including phenoxy) is 3. The molecule has 1 atom stereocenters. The van der Waals surface area contributed by atoms with E-state index in [4.69, 9.17) is 14.2 Å². The summed E-state index contributed by atoms with van der Waals surface area (Å²) >= 11 is 0. The number of carbonyl (C=O) groups is 2. The van der Waals surface area contributed by atoms with Crippen molar-refractivity contribution >= 4 is 28.7 Å². The van der Waals surface area contributed by atoms with Crippen LogP contribution in [0.15, 0.2) is 18.2 Å². The van der Waals surface area contributed by atoms with Gasteiger partial charge in [-0.15, -0.1) is 0 Å². The van der Waals surface area contributed by atoms with E-state index in [1.165, 1.54) is 7.11 Å². The predicted molar refractivity (Wildman–Crippen MR) is 99.8 cm³/mol. The van der Waals surface area contributed by atoms with Gasteiger partial charge in [-0.1, -0.05) is 0 Å². The summed E-state index contributed by atoms with van der Waals surface area (Å²) in [4.78, 5) is 24.2. The lowest BCUT2D eigenvalue weighted by Crippen LogP contribution is -2.27. The number of esters is 1. The maximum absolute atomic E-state index is 12.2. The van der Waals surface area contributed by atoms with E-state index in [1.54, 1.807) is 43.7 Å². The highest BCUT2D eigenvalue weighted by Gasteiger charge is 2.25. The average molecular weight is 375 g/mol. The minimum absolute atomic E-state index is 0.189. The molecule has 0 radical (unpaired) electrons. The first-order valence-corrected chi connectivity index (χ1v) is 9.00. The van der Waals surface area contributed by atoms with Gasteiger partial charge in [0.15, 0.2) is 11.9 Å². The van der Waals surface area contributed by atoms with Gasteiger partial charge in [0.05, 0.1) is 12.6 Å². The van der Waals surface area contributed by atoms with Crippen molar-refractivity contribution in [1.82, 2.24) is 9.78 Å². The fourth-order valence-electron chi connectivity index (χ4n) is 3.02. The number of carbonyl (C=O) groups excluding carboxylic acids is 2. The molecular weight excluding hydrogens is 350 g/mol. The Kier molecular flexibility index (Phi) is 5.36. The Hall–Kier alpha value is -2.61. The van der Waals surface area contributed by atoms with Crippen LogP contribution in [0.4, 0.5) is 10.5 Å². The van der Waals surface area contributed by atoms with Crippen molar-refractivity contribution in [2.75, 3.05) is 19.0 Å². The second-order valence-corrected chi connectivity index (χ2v) is 7.46. The molecule has 2 aromatic rings. The standard InChI is InChI=1S/C19H25N3O5/c1-19(2,3)27-18(24)20-12-8-9-14-13(11-12)16(17(23)25-4)21-22(14)15-7-5-6-10-26-15/h8-9,11,15H,5-7,10H2,1-4H3,(H,20,24). The highest BCUT2D eigenvalue weighted by Crippen LogP contribution is 2.30. The molecule has 1 aliphatic heterocycles. The zero-order chi connectivity index (χ0) is 19.6. The summed E-state index contributed by atoms with van der Waals surface area (Å²) in [6.45, 7) is 6.04. The van der Waals surface area contributed by atoms with E-state index >= 15 is 0 Å². The van der Waals surface area contributed by atoms with Crippen LogP contribution in [0.1, 0.15) is 56.8 Å². The van der Waals surface area contributed by atoms with E-state index in [0.29, 0.717) is 17.7 Å². The maximum Gasteiger partial charge on any atom is 0.412 e. The molecule has 0 spiro atoms. The van der Waals surface area contributed by atoms with Crippen molar-refractivity contribution < 1.29 is 23.8 Å². The van der Waals surface area contributed by atoms with Crippen molar-refractivity contribution in [3.05, 3.63) is 23.9 Å². The van der Waals surface area contributed by atoms with Crippen LogP contribution in [0.3, 0.4) is 0 Å². The van der Waals surface area contributed by atoms with Crippen LogP contribution in [0.5, 0.6) is 0 Å². The lowest BCUT2D eigenvalue weighted by molar-refractivity contribution is -0.0369. The number of nitrogens with zero attached hydrogens (tertiary/aromatic N) is 2. The molecule has 1 unspecified atom stereocenters. The predicted octanol–water partition coefficient (Wildman–Crippen LogP) is 3.87. The molecule has 27 heavy (non-hydrogen) atoms. The SMILES string of the molecule is COC(=O)c1nn(C2CCCCO2)c2ccc(NC(=O)OC(C)(C)C)cc12. The first-order chi connectivity index (χ1) is 12.8. The van der Waals surface area contributed by atoms with E-state index in [0.717, 1.165) is 24.8 Å². The van der Waals surface area contributed by atoms with Crippen LogP contribution in [-0.4, -0.2) is 41.2 Å². The number of amides is 1. The molecule has 8 nitrogen and oxygen atoms in total. The highest BCUT2D eigenvalue weighted by atomic mass is 16.6. The van der Waals surface area contributed by atoms with Crippen LogP contribution in [0.2, 0.25) is 0 Å². The van der Waals surface area contributed by atoms with Gasteiger partial charge in [0.1, 0.15) is 5.60 Å². The quantitative estimate of drug-likeness (QED) is 0.819. The first kappa shape index (κ1) is 19.2. The minimum atomic E-state index is -0.603. The van der Waals surface area contributed by atoms with Gasteiger partial charge in [-0.25, -0.2) is 14.3 Å². The topological polar surface area (TPSA) is 91.7 Å². The molecule has 0 bridgehead atoms. The van der Waals surface area contributed by atoms with Gasteiger partial charge in [-0.05, 0) is 58.2 Å². The van der Waals surface area contributed by atoms with E-state index in [-0.39, 0.29) is 11.9 Å². The van der Waals surface area contributed by atoms with Crippen molar-refractivity contribution in [2.45, 2.75) is 51.9 Å². The van der Waals surface area contributed by atoms with E-state index in [9.17, 15) is 9.59 Å². The number of hydrogen-bond donors (Lipinski definition) is 1. The fraction of sp³-hybridized carbons (Fsp3) is 0.526. The second-order valence-electron chi connectivity index (χ2n) is 7.46. The molecule has 1 aliphatic rings. The molecule has 8 heteroatoms. The largest absolute Gasteiger partial charge is 0.464 e. The molecule has 1 saturated heterocycles. The maximum atomic E-state index is 12.2. The summed E-state index contributed by atoms with van der Waals surface area (Å²) in [5.74, 6) is -0.538. The molecular formula is C19H25N3O5. The van der Waals surface area contributed by atoms with E-state index < -0.39 is 17.7 Å². The van der Waals surface area contributed by atoms with Crippen LogP contribution in [-0.2, 0) is 14.2 Å². The minimum Gasteiger partial charge on any atom is -0.464 e. The number of aromatic nitrogens is 2. The normalized spacial score (nSPS) is 17.6. The monoisotopic (exact) mass is 375 g/mol. The van der Waals surface area contributed by atoms with Gasteiger partial charge >= 0.3 is 12.1 Å². The van der Waals surface area contributed by atoms with Crippen molar-refractivity contribution in [1.29, 1.82) is 0 Å². The number of methoxy groups -OCH3 is 1. The summed E-state index contributed by atoms with van der Waals surface area (Å²) < 4.78 is 17.7. The van der Waals surface area contributed by atoms with Gasteiger partial charge in [-0.3, -0.25) is 5.32 Å². The average Bonchev–Trinajstić information content (AvgIpc) is 2.99. The molecule has 1 fully saturated rings. The van der Waals surface area contributed by atoms with Gasteiger partial charge in [0.2, 0.25) is 0 Å². The van der Waals surface area contributed by atoms with Gasteiger partial charge in [-0.2, -0.15) is 5.10 Å². The zero-order valence-corrected chi connectivity index (χ0v) is 16.1. The summed E-state index contributed by atoms with van der Waals surface area (Å²) in [7, 11) is 1.31. The summed E-state index contributed by atoms with van der Waals surface area (Å²) in [6.07, 6.45) is 2.10. The Morgan fingerprint density at radius 1 is 1.30 bits per heavy atom. The van der Waals surface area contributed by atoms with E-state index in [2.05, 4.69) is 10.4 Å². The Balaban J connectivity index is 1.96. The second kappa shape index (κ2) is 7.56. The smallest absolute Gasteiger partial charge is 0.412 e. The van der Waals surface area contributed by atoms with E-state index in [1.807, 2.05) is 0 Å². The van der Waals surface area contributed by atoms with Crippen LogP contribution in [0, 0.1) is 0 Å². The Morgan fingerprint density at radius 3 is 2.70 bits per heavy atom. The van der Waals surface area contributed by atoms with Crippen molar-refractivity contribution in [3.63, 3.8) is 0 Å². The lowest BCUT2D eigenvalue weighted by atomic mass is 10.1. The van der Waals surface area contributed by atoms with Crippen molar-refractivity contribution in [3.8, 4) is 0 Å². The number of anilines is 1. The Morgan fingerprint density at radius 2 is 2.07 bits per heavy atom. The number of rotatable bonds is 3. The molecule has 1 amide bonds. The summed E-state index contributed by atoms with van der Waals surface area (Å²) in [5.41, 5.74) is 0.840. The lowest BCUT2D eigenvalue weighted by Gasteiger charge is -2.23. The van der Waals surface area contributed by atoms with Gasteiger partial charge < -0.3 is 14.2 Å². The Labute approximate surface area is 157 Å².